The Morgan fingerprint density at radius 1 is 1.21 bits per heavy atom. The van der Waals surface area contributed by atoms with Gasteiger partial charge in [0, 0.05) is 7.11 Å². The molecule has 3 atom stereocenters. The van der Waals surface area contributed by atoms with Crippen LogP contribution in [0.4, 0.5) is 4.79 Å². The Hall–Kier alpha value is -2.00. The predicted molar refractivity (Wildman–Crippen MR) is 85.8 cm³/mol. The van der Waals surface area contributed by atoms with E-state index in [1.807, 2.05) is 18.2 Å². The zero-order valence-electron chi connectivity index (χ0n) is 14.0. The molecule has 3 N–H and O–H groups in total. The molecule has 0 saturated carbocycles. The van der Waals surface area contributed by atoms with Gasteiger partial charge in [-0.05, 0) is 19.4 Å². The highest BCUT2D eigenvalue weighted by molar-refractivity contribution is 5.95. The molecule has 0 spiro atoms. The zero-order chi connectivity index (χ0) is 17.9. The highest BCUT2D eigenvalue weighted by atomic mass is 16.7. The Morgan fingerprint density at radius 3 is 2.46 bits per heavy atom. The Bertz CT molecular complexity index is 509. The van der Waals surface area contributed by atoms with Gasteiger partial charge in [0.05, 0.1) is 18.8 Å². The van der Waals surface area contributed by atoms with Crippen LogP contribution in [0.5, 0.6) is 0 Å². The summed E-state index contributed by atoms with van der Waals surface area (Å²) < 4.78 is 9.84. The number of hydrogen-bond acceptors (Lipinski definition) is 7. The Morgan fingerprint density at radius 2 is 1.88 bits per heavy atom. The maximum atomic E-state index is 12.0. The van der Waals surface area contributed by atoms with Crippen LogP contribution in [0.15, 0.2) is 30.3 Å². The number of hydroxylamine groups is 1. The number of nitrogens with one attached hydrogen (secondary N) is 2. The summed E-state index contributed by atoms with van der Waals surface area (Å²) >= 11 is 0. The second-order valence-electron chi connectivity index (χ2n) is 5.27. The minimum absolute atomic E-state index is 0.0358. The van der Waals surface area contributed by atoms with Crippen LogP contribution in [-0.2, 0) is 25.7 Å². The molecule has 0 aliphatic heterocycles. The number of amides is 2. The van der Waals surface area contributed by atoms with E-state index in [4.69, 9.17) is 14.3 Å². The normalized spacial score (nSPS) is 14.5. The molecule has 2 amide bonds. The minimum atomic E-state index is -1.13. The van der Waals surface area contributed by atoms with Gasteiger partial charge >= 0.3 is 6.09 Å². The number of aliphatic hydroxyl groups is 1. The average Bonchev–Trinajstić information content (AvgIpc) is 2.54. The molecule has 24 heavy (non-hydrogen) atoms. The molecule has 1 rings (SSSR count). The summed E-state index contributed by atoms with van der Waals surface area (Å²) in [5, 5.41) is 11.7. The third kappa shape index (κ3) is 7.51. The lowest BCUT2D eigenvalue weighted by Crippen LogP contribution is -2.52. The molecule has 1 aromatic carbocycles. The Balaban J connectivity index is 2.44. The molecular weight excluding hydrogens is 316 g/mol. The van der Waals surface area contributed by atoms with E-state index in [1.165, 1.54) is 14.0 Å². The van der Waals surface area contributed by atoms with E-state index in [1.54, 1.807) is 19.1 Å². The van der Waals surface area contributed by atoms with Crippen molar-refractivity contribution in [3.05, 3.63) is 35.9 Å². The summed E-state index contributed by atoms with van der Waals surface area (Å²) in [7, 11) is 1.52. The van der Waals surface area contributed by atoms with E-state index >= 15 is 0 Å². The number of aliphatic hydroxyl groups excluding tert-OH is 1. The van der Waals surface area contributed by atoms with E-state index in [-0.39, 0.29) is 12.7 Å². The maximum Gasteiger partial charge on any atom is 0.414 e. The van der Waals surface area contributed by atoms with Crippen LogP contribution >= 0.6 is 0 Å². The molecule has 8 nitrogen and oxygen atoms in total. The fourth-order valence-corrected chi connectivity index (χ4v) is 1.77. The molecule has 0 saturated heterocycles. The number of carbonyl (C=O) groups is 2. The van der Waals surface area contributed by atoms with Crippen molar-refractivity contribution in [2.24, 2.45) is 0 Å². The van der Waals surface area contributed by atoms with Gasteiger partial charge in [-0.25, -0.2) is 4.79 Å². The van der Waals surface area contributed by atoms with Crippen LogP contribution in [0.25, 0.3) is 0 Å². The van der Waals surface area contributed by atoms with Gasteiger partial charge in [-0.3, -0.25) is 14.9 Å². The van der Waals surface area contributed by atoms with Gasteiger partial charge in [-0.1, -0.05) is 30.3 Å². The first-order valence-corrected chi connectivity index (χ1v) is 7.53. The lowest BCUT2D eigenvalue weighted by atomic mass is 10.2. The molecule has 0 heterocycles. The van der Waals surface area contributed by atoms with Gasteiger partial charge in [0.25, 0.3) is 5.91 Å². The van der Waals surface area contributed by atoms with Crippen molar-refractivity contribution in [3.8, 4) is 0 Å². The van der Waals surface area contributed by atoms with E-state index in [9.17, 15) is 14.7 Å². The highest BCUT2D eigenvalue weighted by Gasteiger charge is 2.26. The van der Waals surface area contributed by atoms with Crippen molar-refractivity contribution in [1.29, 1.82) is 0 Å². The van der Waals surface area contributed by atoms with Gasteiger partial charge in [0.15, 0.2) is 0 Å². The first kappa shape index (κ1) is 20.0. The fraction of sp³-hybridized carbons (Fsp3) is 0.500. The summed E-state index contributed by atoms with van der Waals surface area (Å²) in [5.41, 5.74) is 3.23. The van der Waals surface area contributed by atoms with Gasteiger partial charge in [-0.2, -0.15) is 5.48 Å². The van der Waals surface area contributed by atoms with Crippen molar-refractivity contribution in [2.45, 2.75) is 38.7 Å². The van der Waals surface area contributed by atoms with Crippen LogP contribution in [0.2, 0.25) is 0 Å². The van der Waals surface area contributed by atoms with E-state index in [2.05, 4.69) is 10.8 Å². The molecule has 1 aromatic rings. The molecule has 0 bridgehead atoms. The second kappa shape index (κ2) is 10.7. The van der Waals surface area contributed by atoms with Crippen molar-refractivity contribution in [3.63, 3.8) is 0 Å². The molecule has 134 valence electrons. The SMILES string of the molecule is COCC(C)ON[C@H](C(=O)NC(=O)OCc1ccccc1)[C@@H](C)O. The summed E-state index contributed by atoms with van der Waals surface area (Å²) in [4.78, 5) is 28.9. The number of benzene rings is 1. The molecular formula is C16H24N2O6. The first-order chi connectivity index (χ1) is 11.4. The fourth-order valence-electron chi connectivity index (χ4n) is 1.77. The van der Waals surface area contributed by atoms with Gasteiger partial charge in [0.2, 0.25) is 0 Å². The predicted octanol–water partition coefficient (Wildman–Crippen LogP) is 0.745. The van der Waals surface area contributed by atoms with E-state index < -0.39 is 24.1 Å². The Kier molecular flexibility index (Phi) is 8.95. The Labute approximate surface area is 141 Å². The van der Waals surface area contributed by atoms with E-state index in [0.29, 0.717) is 6.61 Å². The number of methoxy groups -OCH3 is 1. The second-order valence-corrected chi connectivity index (χ2v) is 5.27. The molecule has 1 unspecified atom stereocenters. The standard InChI is InChI=1S/C16H24N2O6/c1-11(9-22-3)24-18-14(12(2)19)15(20)17-16(21)23-10-13-7-5-4-6-8-13/h4-8,11-12,14,18-19H,9-10H2,1-3H3,(H,17,20,21)/t11?,12-,14+/m1/s1. The third-order valence-corrected chi connectivity index (χ3v) is 3.00. The lowest BCUT2D eigenvalue weighted by molar-refractivity contribution is -0.135. The molecule has 0 aliphatic carbocycles. The molecule has 8 heteroatoms. The molecule has 0 radical (unpaired) electrons. The van der Waals surface area contributed by atoms with Gasteiger partial charge < -0.3 is 14.6 Å². The topological polar surface area (TPSA) is 106 Å². The van der Waals surface area contributed by atoms with Crippen LogP contribution in [0, 0.1) is 0 Å². The van der Waals surface area contributed by atoms with Gasteiger partial charge in [-0.15, -0.1) is 0 Å². The number of rotatable bonds is 9. The highest BCUT2D eigenvalue weighted by Crippen LogP contribution is 2.01. The van der Waals surface area contributed by atoms with Crippen molar-refractivity contribution < 1.29 is 29.0 Å². The maximum absolute atomic E-state index is 12.0. The number of ether oxygens (including phenoxy) is 2. The van der Waals surface area contributed by atoms with Crippen molar-refractivity contribution >= 4 is 12.0 Å². The zero-order valence-corrected chi connectivity index (χ0v) is 14.0. The summed E-state index contributed by atoms with van der Waals surface area (Å²) in [5.74, 6) is -0.757. The summed E-state index contributed by atoms with van der Waals surface area (Å²) in [6.45, 7) is 3.47. The monoisotopic (exact) mass is 340 g/mol. The smallest absolute Gasteiger partial charge is 0.414 e. The quantitative estimate of drug-likeness (QED) is 0.569. The van der Waals surface area contributed by atoms with Crippen LogP contribution < -0.4 is 10.8 Å². The number of alkyl carbamates (subject to hydrolysis) is 1. The van der Waals surface area contributed by atoms with Crippen LogP contribution in [0.3, 0.4) is 0 Å². The molecule has 0 aromatic heterocycles. The van der Waals surface area contributed by atoms with Crippen LogP contribution in [-0.4, -0.2) is 49.1 Å². The largest absolute Gasteiger partial charge is 0.444 e. The molecule has 0 aliphatic rings. The summed E-state index contributed by atoms with van der Waals surface area (Å²) in [6, 6.07) is 7.92. The van der Waals surface area contributed by atoms with Crippen molar-refractivity contribution in [2.75, 3.05) is 13.7 Å². The van der Waals surface area contributed by atoms with E-state index in [0.717, 1.165) is 5.56 Å². The average molecular weight is 340 g/mol. The number of hydrogen-bond donors (Lipinski definition) is 3. The number of carbonyl (C=O) groups excluding carboxylic acids is 2. The molecule has 0 fully saturated rings. The van der Waals surface area contributed by atoms with Gasteiger partial charge in [0.1, 0.15) is 12.6 Å². The number of imide groups is 1. The third-order valence-electron chi connectivity index (χ3n) is 3.00. The van der Waals surface area contributed by atoms with Crippen molar-refractivity contribution in [1.82, 2.24) is 10.8 Å². The summed E-state index contributed by atoms with van der Waals surface area (Å²) in [6.07, 6.45) is -2.32. The lowest BCUT2D eigenvalue weighted by Gasteiger charge is -2.22. The first-order valence-electron chi connectivity index (χ1n) is 7.53. The van der Waals surface area contributed by atoms with Crippen LogP contribution in [0.1, 0.15) is 19.4 Å². The minimum Gasteiger partial charge on any atom is -0.444 e.